The molecule has 1 saturated carbocycles. The van der Waals surface area contributed by atoms with Crippen molar-refractivity contribution in [2.45, 2.75) is 25.7 Å². The third-order valence-corrected chi connectivity index (χ3v) is 4.11. The summed E-state index contributed by atoms with van der Waals surface area (Å²) in [5, 5.41) is 3.26. The highest BCUT2D eigenvalue weighted by Gasteiger charge is 2.42. The summed E-state index contributed by atoms with van der Waals surface area (Å²) in [5.41, 5.74) is 0. The van der Waals surface area contributed by atoms with Gasteiger partial charge in [-0.3, -0.25) is 0 Å². The molecule has 0 aromatic rings. The second kappa shape index (κ2) is 4.63. The van der Waals surface area contributed by atoms with Crippen molar-refractivity contribution in [3.63, 3.8) is 0 Å². The summed E-state index contributed by atoms with van der Waals surface area (Å²) in [7, 11) is 4.31. The highest BCUT2D eigenvalue weighted by Crippen LogP contribution is 2.49. The Morgan fingerprint density at radius 2 is 2.00 bits per heavy atom. The molecule has 1 saturated heterocycles. The first-order valence-corrected chi connectivity index (χ1v) is 6.14. The van der Waals surface area contributed by atoms with E-state index in [1.807, 2.05) is 0 Å². The lowest BCUT2D eigenvalue weighted by Crippen LogP contribution is -2.31. The first kappa shape index (κ1) is 10.4. The molecule has 2 fully saturated rings. The van der Waals surface area contributed by atoms with Crippen molar-refractivity contribution in [3.8, 4) is 0 Å². The van der Waals surface area contributed by atoms with E-state index in [9.17, 15) is 0 Å². The lowest BCUT2D eigenvalue weighted by atomic mass is 9.91. The Morgan fingerprint density at radius 1 is 1.29 bits per heavy atom. The van der Waals surface area contributed by atoms with Crippen LogP contribution in [0.4, 0.5) is 0 Å². The van der Waals surface area contributed by atoms with Crippen molar-refractivity contribution in [3.05, 3.63) is 0 Å². The molecule has 1 aliphatic carbocycles. The summed E-state index contributed by atoms with van der Waals surface area (Å²) in [5.74, 6) is 3.22. The van der Waals surface area contributed by atoms with Gasteiger partial charge in [-0.15, -0.1) is 0 Å². The van der Waals surface area contributed by atoms with E-state index in [0.717, 1.165) is 17.8 Å². The van der Waals surface area contributed by atoms with Crippen LogP contribution >= 0.6 is 0 Å². The number of hydrogen-bond acceptors (Lipinski definition) is 2. The first-order valence-electron chi connectivity index (χ1n) is 6.14. The Labute approximate surface area is 88.1 Å². The molecule has 2 heteroatoms. The molecule has 2 unspecified atom stereocenters. The van der Waals surface area contributed by atoms with Gasteiger partial charge >= 0.3 is 0 Å². The number of piperidine rings is 1. The third-order valence-electron chi connectivity index (χ3n) is 4.11. The maximum absolute atomic E-state index is 3.26. The van der Waals surface area contributed by atoms with Gasteiger partial charge in [-0.1, -0.05) is 0 Å². The summed E-state index contributed by atoms with van der Waals surface area (Å²) < 4.78 is 0. The molecule has 0 spiro atoms. The molecular formula is C12H24N2. The highest BCUT2D eigenvalue weighted by molar-refractivity contribution is 4.93. The van der Waals surface area contributed by atoms with Crippen molar-refractivity contribution in [2.24, 2.45) is 17.8 Å². The van der Waals surface area contributed by atoms with Crippen LogP contribution in [0.5, 0.6) is 0 Å². The number of rotatable bonds is 4. The molecule has 0 bridgehead atoms. The highest BCUT2D eigenvalue weighted by atomic mass is 15.1. The van der Waals surface area contributed by atoms with E-state index in [0.29, 0.717) is 0 Å². The van der Waals surface area contributed by atoms with Crippen LogP contribution in [0.1, 0.15) is 25.7 Å². The largest absolute Gasteiger partial charge is 0.320 e. The van der Waals surface area contributed by atoms with Crippen LogP contribution in [0.15, 0.2) is 0 Å². The van der Waals surface area contributed by atoms with Gasteiger partial charge < -0.3 is 10.2 Å². The molecular weight excluding hydrogens is 172 g/mol. The summed E-state index contributed by atoms with van der Waals surface area (Å²) in [6.45, 7) is 3.88. The molecule has 0 radical (unpaired) electrons. The number of nitrogens with one attached hydrogen (secondary N) is 1. The molecule has 82 valence electrons. The van der Waals surface area contributed by atoms with E-state index >= 15 is 0 Å². The molecule has 1 heterocycles. The van der Waals surface area contributed by atoms with Crippen LogP contribution in [0.2, 0.25) is 0 Å². The second-order valence-corrected chi connectivity index (χ2v) is 5.19. The monoisotopic (exact) mass is 196 g/mol. The normalized spacial score (nSPS) is 34.7. The Bertz CT molecular complexity index is 173. The van der Waals surface area contributed by atoms with Gasteiger partial charge in [-0.2, -0.15) is 0 Å². The minimum atomic E-state index is 1.06. The van der Waals surface area contributed by atoms with Crippen molar-refractivity contribution < 1.29 is 0 Å². The fraction of sp³-hybridized carbons (Fsp3) is 1.00. The topological polar surface area (TPSA) is 15.3 Å². The SMILES string of the molecule is CNCCC1CC1C1CCN(C)CC1. The van der Waals surface area contributed by atoms with Gasteiger partial charge in [-0.25, -0.2) is 0 Å². The molecule has 0 amide bonds. The molecule has 2 rings (SSSR count). The van der Waals surface area contributed by atoms with E-state index in [2.05, 4.69) is 24.3 Å². The average molecular weight is 196 g/mol. The van der Waals surface area contributed by atoms with Gasteiger partial charge in [0.1, 0.15) is 0 Å². The van der Waals surface area contributed by atoms with Crippen LogP contribution in [0.3, 0.4) is 0 Å². The molecule has 0 aromatic heterocycles. The van der Waals surface area contributed by atoms with Crippen molar-refractivity contribution in [1.82, 2.24) is 10.2 Å². The van der Waals surface area contributed by atoms with Gasteiger partial charge in [0.2, 0.25) is 0 Å². The molecule has 0 aromatic carbocycles. The summed E-state index contributed by atoms with van der Waals surface area (Å²) in [6.07, 6.45) is 5.85. The number of hydrogen-bond donors (Lipinski definition) is 1. The van der Waals surface area contributed by atoms with Crippen LogP contribution < -0.4 is 5.32 Å². The van der Waals surface area contributed by atoms with Crippen LogP contribution in [0, 0.1) is 17.8 Å². The zero-order valence-corrected chi connectivity index (χ0v) is 9.63. The van der Waals surface area contributed by atoms with Crippen LogP contribution in [0.25, 0.3) is 0 Å². The van der Waals surface area contributed by atoms with Crippen molar-refractivity contribution >= 4 is 0 Å². The summed E-state index contributed by atoms with van der Waals surface area (Å²) in [6, 6.07) is 0. The minimum Gasteiger partial charge on any atom is -0.320 e. The Morgan fingerprint density at radius 3 is 2.64 bits per heavy atom. The zero-order valence-electron chi connectivity index (χ0n) is 9.63. The average Bonchev–Trinajstić information content (AvgIpc) is 2.95. The van der Waals surface area contributed by atoms with E-state index in [1.54, 1.807) is 0 Å². The molecule has 2 atom stereocenters. The van der Waals surface area contributed by atoms with Gasteiger partial charge in [0.15, 0.2) is 0 Å². The number of likely N-dealkylation sites (tertiary alicyclic amines) is 1. The molecule has 2 aliphatic rings. The molecule has 14 heavy (non-hydrogen) atoms. The lowest BCUT2D eigenvalue weighted by molar-refractivity contribution is 0.199. The number of nitrogens with zero attached hydrogens (tertiary/aromatic N) is 1. The van der Waals surface area contributed by atoms with Gasteiger partial charge in [0, 0.05) is 0 Å². The van der Waals surface area contributed by atoms with Crippen molar-refractivity contribution in [1.29, 1.82) is 0 Å². The second-order valence-electron chi connectivity index (χ2n) is 5.19. The smallest absolute Gasteiger partial charge is 0.00190 e. The van der Waals surface area contributed by atoms with E-state index in [1.165, 1.54) is 45.3 Å². The Kier molecular flexibility index (Phi) is 3.45. The predicted molar refractivity (Wildman–Crippen MR) is 60.4 cm³/mol. The van der Waals surface area contributed by atoms with Gasteiger partial charge in [-0.05, 0) is 77.2 Å². The maximum Gasteiger partial charge on any atom is -0.00190 e. The molecule has 1 aliphatic heterocycles. The standard InChI is InChI=1S/C12H24N2/c1-13-6-3-11-9-12(11)10-4-7-14(2)8-5-10/h10-13H,3-9H2,1-2H3. The van der Waals surface area contributed by atoms with Gasteiger partial charge in [0.05, 0.1) is 0 Å². The first-order chi connectivity index (χ1) is 6.81. The van der Waals surface area contributed by atoms with Crippen LogP contribution in [-0.2, 0) is 0 Å². The Hall–Kier alpha value is -0.0800. The minimum absolute atomic E-state index is 1.06. The zero-order chi connectivity index (χ0) is 9.97. The van der Waals surface area contributed by atoms with Gasteiger partial charge in [0.25, 0.3) is 0 Å². The fourth-order valence-corrected chi connectivity index (χ4v) is 2.97. The lowest BCUT2D eigenvalue weighted by Gasteiger charge is -2.29. The molecule has 1 N–H and O–H groups in total. The summed E-state index contributed by atoms with van der Waals surface area (Å²) in [4.78, 5) is 2.47. The van der Waals surface area contributed by atoms with Crippen molar-refractivity contribution in [2.75, 3.05) is 33.7 Å². The van der Waals surface area contributed by atoms with Crippen LogP contribution in [-0.4, -0.2) is 38.6 Å². The maximum atomic E-state index is 3.26. The van der Waals surface area contributed by atoms with E-state index < -0.39 is 0 Å². The van der Waals surface area contributed by atoms with E-state index in [-0.39, 0.29) is 0 Å². The molecule has 2 nitrogen and oxygen atoms in total. The summed E-state index contributed by atoms with van der Waals surface area (Å²) >= 11 is 0. The fourth-order valence-electron chi connectivity index (χ4n) is 2.97. The Balaban J connectivity index is 1.66. The third kappa shape index (κ3) is 2.48. The van der Waals surface area contributed by atoms with E-state index in [4.69, 9.17) is 0 Å². The predicted octanol–water partition coefficient (Wildman–Crippen LogP) is 1.57. The quantitative estimate of drug-likeness (QED) is 0.734.